The highest BCUT2D eigenvalue weighted by Crippen LogP contribution is 2.17. The van der Waals surface area contributed by atoms with Gasteiger partial charge < -0.3 is 5.32 Å². The van der Waals surface area contributed by atoms with Crippen molar-refractivity contribution in [2.75, 3.05) is 31.6 Å². The highest BCUT2D eigenvalue weighted by atomic mass is 32.2. The zero-order valence-electron chi connectivity index (χ0n) is 11.4. The number of likely N-dealkylation sites (tertiary alicyclic amines) is 1. The Morgan fingerprint density at radius 3 is 2.75 bits per heavy atom. The van der Waals surface area contributed by atoms with E-state index in [0.29, 0.717) is 0 Å². The first kappa shape index (κ1) is 14.3. The van der Waals surface area contributed by atoms with Gasteiger partial charge in [0.15, 0.2) is 0 Å². The summed E-state index contributed by atoms with van der Waals surface area (Å²) < 4.78 is 0. The van der Waals surface area contributed by atoms with Crippen LogP contribution in [0, 0.1) is 0 Å². The van der Waals surface area contributed by atoms with Crippen LogP contribution in [0.2, 0.25) is 0 Å². The number of nitrogens with one attached hydrogen (secondary N) is 1. The molecule has 0 amide bonds. The van der Waals surface area contributed by atoms with Crippen LogP contribution in [0.25, 0.3) is 0 Å². The van der Waals surface area contributed by atoms with Gasteiger partial charge >= 0.3 is 0 Å². The highest BCUT2D eigenvalue weighted by Gasteiger charge is 2.24. The van der Waals surface area contributed by atoms with Crippen molar-refractivity contribution in [2.45, 2.75) is 51.6 Å². The van der Waals surface area contributed by atoms with E-state index in [1.165, 1.54) is 38.1 Å². The maximum absolute atomic E-state index is 3.64. The molecule has 0 aromatic rings. The lowest BCUT2D eigenvalue weighted by molar-refractivity contribution is 0.234. The fraction of sp³-hybridized carbons (Fsp3) is 1.00. The Bertz CT molecular complexity index is 189. The molecule has 96 valence electrons. The molecule has 0 spiro atoms. The molecule has 1 unspecified atom stereocenters. The van der Waals surface area contributed by atoms with Crippen molar-refractivity contribution in [3.05, 3.63) is 0 Å². The van der Waals surface area contributed by atoms with E-state index in [0.717, 1.165) is 12.6 Å². The Morgan fingerprint density at radius 2 is 2.12 bits per heavy atom. The lowest BCUT2D eigenvalue weighted by Gasteiger charge is -2.29. The molecule has 0 bridgehead atoms. The van der Waals surface area contributed by atoms with Crippen molar-refractivity contribution >= 4 is 11.8 Å². The van der Waals surface area contributed by atoms with Crippen molar-refractivity contribution in [3.63, 3.8) is 0 Å². The monoisotopic (exact) mass is 244 g/mol. The van der Waals surface area contributed by atoms with Gasteiger partial charge in [0.1, 0.15) is 0 Å². The zero-order chi connectivity index (χ0) is 12.0. The van der Waals surface area contributed by atoms with Gasteiger partial charge in [-0.05, 0) is 65.1 Å². The Morgan fingerprint density at radius 1 is 1.38 bits per heavy atom. The van der Waals surface area contributed by atoms with Crippen LogP contribution >= 0.6 is 11.8 Å². The number of nitrogens with zero attached hydrogens (tertiary/aromatic N) is 1. The summed E-state index contributed by atoms with van der Waals surface area (Å²) in [6.45, 7) is 10.5. The molecule has 1 N–H and O–H groups in total. The molecule has 0 radical (unpaired) electrons. The Balaban J connectivity index is 2.23. The standard InChI is InChI=1S/C13H28N2S/c1-13(2,3)14-11-12-7-5-8-15(12)9-6-10-16-4/h12,14H,5-11H2,1-4H3. The molecule has 1 fully saturated rings. The number of hydrogen-bond acceptors (Lipinski definition) is 3. The summed E-state index contributed by atoms with van der Waals surface area (Å²) in [5, 5.41) is 3.64. The van der Waals surface area contributed by atoms with Crippen LogP contribution in [0.4, 0.5) is 0 Å². The molecule has 1 rings (SSSR count). The van der Waals surface area contributed by atoms with Crippen LogP contribution in [0.1, 0.15) is 40.0 Å². The van der Waals surface area contributed by atoms with Gasteiger partial charge in [-0.2, -0.15) is 11.8 Å². The Labute approximate surface area is 106 Å². The van der Waals surface area contributed by atoms with Gasteiger partial charge in [-0.1, -0.05) is 0 Å². The summed E-state index contributed by atoms with van der Waals surface area (Å²) in [6, 6.07) is 0.779. The third-order valence-corrected chi connectivity index (χ3v) is 3.86. The van der Waals surface area contributed by atoms with E-state index in [-0.39, 0.29) is 5.54 Å². The van der Waals surface area contributed by atoms with Gasteiger partial charge in [0.2, 0.25) is 0 Å². The van der Waals surface area contributed by atoms with Crippen LogP contribution < -0.4 is 5.32 Å². The van der Waals surface area contributed by atoms with E-state index >= 15 is 0 Å². The summed E-state index contributed by atoms with van der Waals surface area (Å²) in [4.78, 5) is 2.68. The number of rotatable bonds is 6. The number of thioether (sulfide) groups is 1. The van der Waals surface area contributed by atoms with Crippen LogP contribution in [-0.4, -0.2) is 48.1 Å². The molecule has 1 heterocycles. The molecule has 1 saturated heterocycles. The van der Waals surface area contributed by atoms with Crippen LogP contribution in [-0.2, 0) is 0 Å². The summed E-state index contributed by atoms with van der Waals surface area (Å²) in [5.74, 6) is 1.30. The minimum absolute atomic E-state index is 0.257. The maximum Gasteiger partial charge on any atom is 0.0221 e. The molecule has 16 heavy (non-hydrogen) atoms. The molecule has 1 aliphatic heterocycles. The SMILES string of the molecule is CSCCCN1CCCC1CNC(C)(C)C. The minimum atomic E-state index is 0.257. The molecule has 1 atom stereocenters. The predicted octanol–water partition coefficient (Wildman–Crippen LogP) is 2.59. The summed E-state index contributed by atoms with van der Waals surface area (Å²) >= 11 is 1.96. The van der Waals surface area contributed by atoms with Gasteiger partial charge in [0.25, 0.3) is 0 Å². The van der Waals surface area contributed by atoms with Gasteiger partial charge in [-0.3, -0.25) is 4.90 Å². The topological polar surface area (TPSA) is 15.3 Å². The first-order valence-corrected chi connectivity index (χ1v) is 7.90. The first-order valence-electron chi connectivity index (χ1n) is 6.51. The quantitative estimate of drug-likeness (QED) is 0.723. The third kappa shape index (κ3) is 5.55. The van der Waals surface area contributed by atoms with Crippen molar-refractivity contribution in [2.24, 2.45) is 0 Å². The van der Waals surface area contributed by atoms with Gasteiger partial charge in [-0.15, -0.1) is 0 Å². The van der Waals surface area contributed by atoms with Gasteiger partial charge in [0, 0.05) is 18.1 Å². The fourth-order valence-corrected chi connectivity index (χ4v) is 2.67. The lowest BCUT2D eigenvalue weighted by atomic mass is 10.1. The smallest absolute Gasteiger partial charge is 0.0221 e. The molecular formula is C13H28N2S. The van der Waals surface area contributed by atoms with E-state index in [1.807, 2.05) is 11.8 Å². The fourth-order valence-electron chi connectivity index (χ4n) is 2.26. The molecule has 0 aromatic heterocycles. The van der Waals surface area contributed by atoms with Crippen LogP contribution in [0.15, 0.2) is 0 Å². The average molecular weight is 244 g/mol. The lowest BCUT2D eigenvalue weighted by Crippen LogP contribution is -2.45. The van der Waals surface area contributed by atoms with Crippen molar-refractivity contribution in [3.8, 4) is 0 Å². The second kappa shape index (κ2) is 6.87. The summed E-state index contributed by atoms with van der Waals surface area (Å²) in [7, 11) is 0. The molecule has 0 aliphatic carbocycles. The predicted molar refractivity (Wildman–Crippen MR) is 75.3 cm³/mol. The van der Waals surface area contributed by atoms with Gasteiger partial charge in [0.05, 0.1) is 0 Å². The summed E-state index contributed by atoms with van der Waals surface area (Å²) in [5.41, 5.74) is 0.257. The molecule has 0 saturated carbocycles. The molecule has 2 nitrogen and oxygen atoms in total. The second-order valence-corrected chi connectivity index (χ2v) is 6.79. The Kier molecular flexibility index (Phi) is 6.16. The molecule has 1 aliphatic rings. The van der Waals surface area contributed by atoms with Crippen molar-refractivity contribution in [1.29, 1.82) is 0 Å². The van der Waals surface area contributed by atoms with Crippen molar-refractivity contribution < 1.29 is 0 Å². The van der Waals surface area contributed by atoms with E-state index in [2.05, 4.69) is 37.2 Å². The average Bonchev–Trinajstić information content (AvgIpc) is 2.62. The van der Waals surface area contributed by atoms with Crippen LogP contribution in [0.3, 0.4) is 0 Å². The van der Waals surface area contributed by atoms with E-state index < -0.39 is 0 Å². The van der Waals surface area contributed by atoms with Crippen molar-refractivity contribution in [1.82, 2.24) is 10.2 Å². The Hall–Kier alpha value is 0.270. The third-order valence-electron chi connectivity index (χ3n) is 3.16. The molecular weight excluding hydrogens is 216 g/mol. The highest BCUT2D eigenvalue weighted by molar-refractivity contribution is 7.98. The molecule has 0 aromatic carbocycles. The van der Waals surface area contributed by atoms with E-state index in [9.17, 15) is 0 Å². The normalized spacial score (nSPS) is 22.9. The first-order chi connectivity index (χ1) is 7.53. The largest absolute Gasteiger partial charge is 0.311 e. The zero-order valence-corrected chi connectivity index (χ0v) is 12.2. The maximum atomic E-state index is 3.64. The van der Waals surface area contributed by atoms with E-state index in [4.69, 9.17) is 0 Å². The summed E-state index contributed by atoms with van der Waals surface area (Å²) in [6.07, 6.45) is 6.30. The number of hydrogen-bond donors (Lipinski definition) is 1. The second-order valence-electron chi connectivity index (χ2n) is 5.81. The molecule has 3 heteroatoms. The minimum Gasteiger partial charge on any atom is -0.311 e. The van der Waals surface area contributed by atoms with Crippen LogP contribution in [0.5, 0.6) is 0 Å². The van der Waals surface area contributed by atoms with Gasteiger partial charge in [-0.25, -0.2) is 0 Å². The van der Waals surface area contributed by atoms with E-state index in [1.54, 1.807) is 0 Å².